The Kier molecular flexibility index (Phi) is 10.5. The zero-order valence-electron chi connectivity index (χ0n) is 22.5. The molecule has 3 amide bonds. The number of aryl methyl sites for hydroxylation is 2. The second kappa shape index (κ2) is 12.7. The van der Waals surface area contributed by atoms with E-state index in [1.165, 1.54) is 7.05 Å². The van der Waals surface area contributed by atoms with Crippen LogP contribution in [0.3, 0.4) is 0 Å². The largest absolute Gasteiger partial charge is 0.462 e. The van der Waals surface area contributed by atoms with Gasteiger partial charge >= 0.3 is 22.4 Å². The molecule has 0 spiro atoms. The summed E-state index contributed by atoms with van der Waals surface area (Å²) in [5, 5.41) is 0.748. The van der Waals surface area contributed by atoms with Gasteiger partial charge < -0.3 is 15.4 Å². The summed E-state index contributed by atoms with van der Waals surface area (Å²) < 4.78 is 40.8. The van der Waals surface area contributed by atoms with Crippen LogP contribution in [0.15, 0.2) is 18.2 Å². The zero-order valence-corrected chi connectivity index (χ0v) is 23.3. The molecule has 37 heavy (non-hydrogen) atoms. The summed E-state index contributed by atoms with van der Waals surface area (Å²) in [7, 11) is -3.21. The maximum absolute atomic E-state index is 12.8. The van der Waals surface area contributed by atoms with Gasteiger partial charge in [-0.15, -0.1) is 4.28 Å². The number of benzene rings is 1. The number of amides is 3. The smallest absolute Gasteiger partial charge is 0.421 e. The first-order valence-corrected chi connectivity index (χ1v) is 13.7. The predicted molar refractivity (Wildman–Crippen MR) is 136 cm³/mol. The van der Waals surface area contributed by atoms with Crippen molar-refractivity contribution in [2.75, 3.05) is 20.3 Å². The van der Waals surface area contributed by atoms with Crippen LogP contribution in [-0.4, -0.2) is 68.6 Å². The molecule has 12 heteroatoms. The molecular formula is C25H39N3O8S. The van der Waals surface area contributed by atoms with Gasteiger partial charge in [-0.25, -0.2) is 13.8 Å². The van der Waals surface area contributed by atoms with Gasteiger partial charge in [0.2, 0.25) is 5.91 Å². The van der Waals surface area contributed by atoms with Crippen LogP contribution in [0.4, 0.5) is 4.79 Å². The first-order chi connectivity index (χ1) is 17.2. The van der Waals surface area contributed by atoms with Gasteiger partial charge in [0.1, 0.15) is 6.04 Å². The fourth-order valence-electron chi connectivity index (χ4n) is 4.25. The maximum atomic E-state index is 12.8. The van der Waals surface area contributed by atoms with Crippen molar-refractivity contribution >= 4 is 28.3 Å². The number of hydroxylamine groups is 2. The molecule has 0 unspecified atom stereocenters. The number of esters is 1. The van der Waals surface area contributed by atoms with Crippen LogP contribution < -0.4 is 5.73 Å². The quantitative estimate of drug-likeness (QED) is 0.313. The van der Waals surface area contributed by atoms with Gasteiger partial charge in [0.05, 0.1) is 24.8 Å². The average Bonchev–Trinajstić information content (AvgIpc) is 2.92. The van der Waals surface area contributed by atoms with Crippen LogP contribution in [0.1, 0.15) is 74.4 Å². The van der Waals surface area contributed by atoms with E-state index in [9.17, 15) is 22.8 Å². The van der Waals surface area contributed by atoms with E-state index in [2.05, 4.69) is 0 Å². The number of carbonyl (C=O) groups is 3. The molecule has 1 aliphatic heterocycles. The number of rotatable bonds is 12. The first-order valence-electron chi connectivity index (χ1n) is 12.4. The van der Waals surface area contributed by atoms with E-state index in [1.54, 1.807) is 6.92 Å². The van der Waals surface area contributed by atoms with Gasteiger partial charge in [-0.3, -0.25) is 4.79 Å². The van der Waals surface area contributed by atoms with E-state index >= 15 is 0 Å². The van der Waals surface area contributed by atoms with Crippen LogP contribution in [0.5, 0.6) is 0 Å². The predicted octanol–water partition coefficient (Wildman–Crippen LogP) is 3.24. The van der Waals surface area contributed by atoms with Gasteiger partial charge in [-0.05, 0) is 62.5 Å². The Bertz CT molecular complexity index is 1070. The molecular weight excluding hydrogens is 502 g/mol. The van der Waals surface area contributed by atoms with E-state index < -0.39 is 45.8 Å². The molecule has 1 aromatic carbocycles. The highest BCUT2D eigenvalue weighted by atomic mass is 32.3. The Labute approximate surface area is 219 Å². The number of primary amides is 1. The molecule has 208 valence electrons. The van der Waals surface area contributed by atoms with Gasteiger partial charge in [0.25, 0.3) is 0 Å². The van der Waals surface area contributed by atoms with E-state index in [1.807, 2.05) is 45.9 Å². The van der Waals surface area contributed by atoms with Crippen molar-refractivity contribution in [2.45, 2.75) is 78.8 Å². The number of nitrogens with two attached hydrogens (primary N) is 1. The summed E-state index contributed by atoms with van der Waals surface area (Å²) in [4.78, 5) is 38.1. The van der Waals surface area contributed by atoms with Gasteiger partial charge in [0, 0.05) is 7.05 Å². The first kappa shape index (κ1) is 30.5. The molecule has 1 saturated heterocycles. The molecule has 2 rings (SSSR count). The second-order valence-corrected chi connectivity index (χ2v) is 11.4. The third-order valence-electron chi connectivity index (χ3n) is 6.54. The lowest BCUT2D eigenvalue weighted by atomic mass is 9.89. The van der Waals surface area contributed by atoms with E-state index in [4.69, 9.17) is 18.9 Å². The standard InChI is InChI=1S/C25H39N3O8S/c1-7-19-12-13-20(22(26)29)27(6)24(31)28(19)36-37(32,33)35-16-25(4,5)14-9-15-34-23(30)21-17(2)10-8-11-18(21)3/h8,10-11,19-20H,7,9,12-16H2,1-6H3,(H2,26,29)/t19-,20-/m0/s1. The molecule has 0 aliphatic carbocycles. The molecule has 1 fully saturated rings. The van der Waals surface area contributed by atoms with Gasteiger partial charge in [0.15, 0.2) is 0 Å². The number of hydrogen-bond acceptors (Lipinski definition) is 8. The minimum atomic E-state index is -4.58. The van der Waals surface area contributed by atoms with Crippen LogP contribution in [0.2, 0.25) is 0 Å². The summed E-state index contributed by atoms with van der Waals surface area (Å²) in [5.74, 6) is -1.06. The van der Waals surface area contributed by atoms with Crippen molar-refractivity contribution in [3.63, 3.8) is 0 Å². The molecule has 0 saturated carbocycles. The van der Waals surface area contributed by atoms with E-state index in [0.717, 1.165) is 21.1 Å². The molecule has 0 aromatic heterocycles. The molecule has 1 aromatic rings. The second-order valence-electron chi connectivity index (χ2n) is 10.2. The summed E-state index contributed by atoms with van der Waals surface area (Å²) in [5.41, 5.74) is 7.03. The molecule has 2 N–H and O–H groups in total. The minimum Gasteiger partial charge on any atom is -0.462 e. The molecule has 1 heterocycles. The Hall–Kier alpha value is -2.70. The zero-order chi connectivity index (χ0) is 28.0. The lowest BCUT2D eigenvalue weighted by Crippen LogP contribution is -2.50. The SMILES string of the molecule is CC[C@H]1CC[C@@H](C(N)=O)N(C)C(=O)N1OS(=O)(=O)OCC(C)(C)CCCOC(=O)c1c(C)cccc1C. The topological polar surface area (TPSA) is 146 Å². The minimum absolute atomic E-state index is 0.174. The van der Waals surface area contributed by atoms with Crippen molar-refractivity contribution < 1.29 is 36.0 Å². The van der Waals surface area contributed by atoms with E-state index in [0.29, 0.717) is 31.2 Å². The van der Waals surface area contributed by atoms with Crippen molar-refractivity contribution in [2.24, 2.45) is 11.1 Å². The maximum Gasteiger partial charge on any atom is 0.421 e. The highest BCUT2D eigenvalue weighted by Gasteiger charge is 2.39. The number of nitrogens with zero attached hydrogens (tertiary/aromatic N) is 2. The Morgan fingerprint density at radius 2 is 1.78 bits per heavy atom. The highest BCUT2D eigenvalue weighted by Crippen LogP contribution is 2.27. The number of ether oxygens (including phenoxy) is 1. The summed E-state index contributed by atoms with van der Waals surface area (Å²) in [6.45, 7) is 9.07. The lowest BCUT2D eigenvalue weighted by molar-refractivity contribution is -0.122. The number of urea groups is 1. The Morgan fingerprint density at radius 1 is 1.16 bits per heavy atom. The number of hydrogen-bond donors (Lipinski definition) is 1. The molecule has 0 radical (unpaired) electrons. The Morgan fingerprint density at radius 3 is 2.35 bits per heavy atom. The van der Waals surface area contributed by atoms with Crippen molar-refractivity contribution in [1.29, 1.82) is 0 Å². The molecule has 1 aliphatic rings. The lowest BCUT2D eigenvalue weighted by Gasteiger charge is -2.30. The summed E-state index contributed by atoms with van der Waals surface area (Å²) in [6.07, 6.45) is 2.04. The summed E-state index contributed by atoms with van der Waals surface area (Å²) >= 11 is 0. The van der Waals surface area contributed by atoms with Crippen LogP contribution in [-0.2, 0) is 28.4 Å². The molecule has 11 nitrogen and oxygen atoms in total. The fourth-order valence-corrected chi connectivity index (χ4v) is 5.14. The third-order valence-corrected chi connectivity index (χ3v) is 7.29. The number of carbonyl (C=O) groups excluding carboxylic acids is 3. The van der Waals surface area contributed by atoms with Gasteiger partial charge in [-0.1, -0.05) is 39.0 Å². The normalized spacial score (nSPS) is 19.0. The van der Waals surface area contributed by atoms with E-state index in [-0.39, 0.29) is 19.6 Å². The van der Waals surface area contributed by atoms with Crippen molar-refractivity contribution in [3.05, 3.63) is 34.9 Å². The van der Waals surface area contributed by atoms with Gasteiger partial charge in [-0.2, -0.15) is 13.5 Å². The summed E-state index contributed by atoms with van der Waals surface area (Å²) in [6, 6.07) is 3.36. The fraction of sp³-hybridized carbons (Fsp3) is 0.640. The van der Waals surface area contributed by atoms with Crippen molar-refractivity contribution in [1.82, 2.24) is 9.96 Å². The molecule has 0 bridgehead atoms. The van der Waals surface area contributed by atoms with Crippen LogP contribution in [0, 0.1) is 19.3 Å². The third kappa shape index (κ3) is 8.41. The highest BCUT2D eigenvalue weighted by molar-refractivity contribution is 7.81. The van der Waals surface area contributed by atoms with Crippen molar-refractivity contribution in [3.8, 4) is 0 Å². The van der Waals surface area contributed by atoms with Crippen LogP contribution in [0.25, 0.3) is 0 Å². The molecule has 2 atom stereocenters. The number of likely N-dealkylation sites (N-methyl/N-ethyl adjacent to an activating group) is 1. The van der Waals surface area contributed by atoms with Crippen LogP contribution >= 0.6 is 0 Å². The monoisotopic (exact) mass is 541 g/mol. The average molecular weight is 542 g/mol. The Balaban J connectivity index is 1.91.